The molecular weight excluding hydrogens is 467 g/mol. The van der Waals surface area contributed by atoms with Gasteiger partial charge in [-0.15, -0.1) is 0 Å². The molecule has 5 heteroatoms. The molecule has 0 heterocycles. The molecule has 0 fully saturated rings. The first-order valence-corrected chi connectivity index (χ1v) is 13.5. The van der Waals surface area contributed by atoms with Crippen LogP contribution in [0.5, 0.6) is 0 Å². The summed E-state index contributed by atoms with van der Waals surface area (Å²) in [5.41, 5.74) is 0.634. The highest BCUT2D eigenvalue weighted by molar-refractivity contribution is 7.80. The molecule has 3 aromatic rings. The number of esters is 2. The normalized spacial score (nSPS) is 13.1. The second-order valence-electron chi connectivity index (χ2n) is 10.0. The first kappa shape index (κ1) is 27.4. The van der Waals surface area contributed by atoms with E-state index in [-0.39, 0.29) is 18.5 Å². The van der Waals surface area contributed by atoms with E-state index in [4.69, 9.17) is 9.47 Å². The fourth-order valence-corrected chi connectivity index (χ4v) is 6.25. The van der Waals surface area contributed by atoms with Gasteiger partial charge in [0.2, 0.25) is 0 Å². The molecule has 0 aliphatic heterocycles. The van der Waals surface area contributed by atoms with E-state index in [0.29, 0.717) is 11.1 Å². The lowest BCUT2D eigenvalue weighted by atomic mass is 9.96. The Labute approximate surface area is 216 Å². The van der Waals surface area contributed by atoms with Crippen molar-refractivity contribution in [2.24, 2.45) is 11.3 Å². The zero-order valence-corrected chi connectivity index (χ0v) is 22.6. The van der Waals surface area contributed by atoms with E-state index in [1.807, 2.05) is 95.3 Å². The van der Waals surface area contributed by atoms with Crippen molar-refractivity contribution < 1.29 is 19.1 Å². The summed E-state index contributed by atoms with van der Waals surface area (Å²) >= 11 is 0. The molecule has 0 aliphatic rings. The molecule has 0 spiro atoms. The lowest BCUT2D eigenvalue weighted by Gasteiger charge is -2.27. The number of carbonyl (C=O) groups excluding carboxylic acids is 2. The molecule has 3 aromatic carbocycles. The molecule has 0 saturated heterocycles. The highest BCUT2D eigenvalue weighted by atomic mass is 31.1. The Morgan fingerprint density at radius 3 is 1.86 bits per heavy atom. The van der Waals surface area contributed by atoms with Crippen molar-refractivity contribution >= 4 is 35.8 Å². The maximum absolute atomic E-state index is 13.6. The van der Waals surface area contributed by atoms with Crippen LogP contribution in [0.4, 0.5) is 0 Å². The van der Waals surface area contributed by atoms with Crippen molar-refractivity contribution in [2.75, 3.05) is 6.61 Å². The van der Waals surface area contributed by atoms with Crippen LogP contribution in [0.1, 0.15) is 45.0 Å². The maximum atomic E-state index is 13.6. The summed E-state index contributed by atoms with van der Waals surface area (Å²) in [5.74, 6) is -0.940. The number of rotatable bonds is 9. The fraction of sp³-hybridized carbons (Fsp3) is 0.290. The average molecular weight is 503 g/mol. The van der Waals surface area contributed by atoms with Gasteiger partial charge in [-0.25, -0.2) is 4.79 Å². The summed E-state index contributed by atoms with van der Waals surface area (Å²) < 4.78 is 11.5. The van der Waals surface area contributed by atoms with E-state index in [1.54, 1.807) is 0 Å². The quantitative estimate of drug-likeness (QED) is 0.212. The van der Waals surface area contributed by atoms with Crippen molar-refractivity contribution in [3.63, 3.8) is 0 Å². The van der Waals surface area contributed by atoms with Gasteiger partial charge in [0, 0.05) is 5.92 Å². The Morgan fingerprint density at radius 1 is 0.861 bits per heavy atom. The third-order valence-electron chi connectivity index (χ3n) is 5.72. The third kappa shape index (κ3) is 6.92. The molecule has 0 saturated carbocycles. The van der Waals surface area contributed by atoms with Gasteiger partial charge in [-0.05, 0) is 63.2 Å². The van der Waals surface area contributed by atoms with Crippen LogP contribution in [0.3, 0.4) is 0 Å². The summed E-state index contributed by atoms with van der Waals surface area (Å²) in [4.78, 5) is 25.8. The second kappa shape index (κ2) is 12.1. The van der Waals surface area contributed by atoms with Crippen LogP contribution in [0, 0.1) is 11.3 Å². The van der Waals surface area contributed by atoms with E-state index >= 15 is 0 Å². The van der Waals surface area contributed by atoms with Gasteiger partial charge >= 0.3 is 11.9 Å². The molecule has 0 aromatic heterocycles. The molecule has 188 valence electrons. The van der Waals surface area contributed by atoms with E-state index < -0.39 is 25.4 Å². The topological polar surface area (TPSA) is 52.6 Å². The standard InChI is InChI=1S/C31H35O4P/c1-22(2)28(23(3)21-34-30(33)31(4,5)6)35-29(32)26-19-13-14-20-27(26)36(24-15-9-7-10-16-24)25-17-11-8-12-18-25/h7-20,23,28H,1,21H2,2-6H3. The van der Waals surface area contributed by atoms with E-state index in [1.165, 1.54) is 0 Å². The molecule has 2 atom stereocenters. The van der Waals surface area contributed by atoms with Crippen LogP contribution < -0.4 is 15.9 Å². The molecule has 0 amide bonds. The number of ether oxygens (including phenoxy) is 2. The highest BCUT2D eigenvalue weighted by Gasteiger charge is 2.29. The van der Waals surface area contributed by atoms with Crippen molar-refractivity contribution in [2.45, 2.75) is 40.7 Å². The molecule has 36 heavy (non-hydrogen) atoms. The minimum atomic E-state index is -0.976. The van der Waals surface area contributed by atoms with Crippen LogP contribution in [0.25, 0.3) is 0 Å². The number of carbonyl (C=O) groups is 2. The van der Waals surface area contributed by atoms with E-state index in [2.05, 4.69) is 30.8 Å². The van der Waals surface area contributed by atoms with Crippen LogP contribution in [-0.2, 0) is 14.3 Å². The van der Waals surface area contributed by atoms with Gasteiger partial charge in [-0.1, -0.05) is 92.4 Å². The molecule has 0 N–H and O–H groups in total. The Bertz CT molecular complexity index is 1140. The number of hydrogen-bond acceptors (Lipinski definition) is 4. The lowest BCUT2D eigenvalue weighted by molar-refractivity contribution is -0.155. The number of benzene rings is 3. The van der Waals surface area contributed by atoms with Crippen molar-refractivity contribution in [1.82, 2.24) is 0 Å². The third-order valence-corrected chi connectivity index (χ3v) is 8.22. The van der Waals surface area contributed by atoms with Gasteiger partial charge in [0.25, 0.3) is 0 Å². The monoisotopic (exact) mass is 502 g/mol. The minimum Gasteiger partial charge on any atom is -0.465 e. The summed E-state index contributed by atoms with van der Waals surface area (Å²) in [7, 11) is -0.976. The first-order chi connectivity index (χ1) is 17.1. The zero-order valence-electron chi connectivity index (χ0n) is 21.7. The van der Waals surface area contributed by atoms with Crippen LogP contribution >= 0.6 is 7.92 Å². The van der Waals surface area contributed by atoms with Crippen molar-refractivity contribution in [3.8, 4) is 0 Å². The smallest absolute Gasteiger partial charge is 0.339 e. The van der Waals surface area contributed by atoms with E-state index in [9.17, 15) is 9.59 Å². The summed E-state index contributed by atoms with van der Waals surface area (Å²) in [6.07, 6.45) is -0.585. The summed E-state index contributed by atoms with van der Waals surface area (Å²) in [6.45, 7) is 13.3. The molecular formula is C31H35O4P. The van der Waals surface area contributed by atoms with E-state index in [0.717, 1.165) is 15.9 Å². The minimum absolute atomic E-state index is 0.142. The SMILES string of the molecule is C=C(C)C(OC(=O)c1ccccc1P(c1ccccc1)c1ccccc1)C(C)COC(=O)C(C)(C)C. The Hall–Kier alpha value is -3.23. The van der Waals surface area contributed by atoms with Gasteiger partial charge in [0.1, 0.15) is 6.10 Å². The predicted molar refractivity (Wildman–Crippen MR) is 149 cm³/mol. The zero-order chi connectivity index (χ0) is 26.3. The largest absolute Gasteiger partial charge is 0.465 e. The van der Waals surface area contributed by atoms with Crippen LogP contribution in [0.15, 0.2) is 97.1 Å². The fourth-order valence-electron chi connectivity index (χ4n) is 3.81. The Morgan fingerprint density at radius 2 is 1.36 bits per heavy atom. The van der Waals surface area contributed by atoms with Gasteiger partial charge in [-0.3, -0.25) is 4.79 Å². The van der Waals surface area contributed by atoms with Crippen molar-refractivity contribution in [3.05, 3.63) is 103 Å². The Balaban J connectivity index is 1.91. The molecule has 0 aliphatic carbocycles. The average Bonchev–Trinajstić information content (AvgIpc) is 2.86. The maximum Gasteiger partial charge on any atom is 0.339 e. The van der Waals surface area contributed by atoms with Gasteiger partial charge in [-0.2, -0.15) is 0 Å². The molecule has 0 radical (unpaired) electrons. The number of hydrogen-bond donors (Lipinski definition) is 0. The van der Waals surface area contributed by atoms with Crippen LogP contribution in [-0.4, -0.2) is 24.6 Å². The Kier molecular flexibility index (Phi) is 9.23. The highest BCUT2D eigenvalue weighted by Crippen LogP contribution is 2.34. The second-order valence-corrected chi connectivity index (χ2v) is 12.2. The van der Waals surface area contributed by atoms with Crippen molar-refractivity contribution in [1.29, 1.82) is 0 Å². The first-order valence-electron chi connectivity index (χ1n) is 12.1. The van der Waals surface area contributed by atoms with Gasteiger partial charge in [0.15, 0.2) is 0 Å². The molecule has 4 nitrogen and oxygen atoms in total. The lowest BCUT2D eigenvalue weighted by Crippen LogP contribution is -2.33. The predicted octanol–water partition coefficient (Wildman–Crippen LogP) is 5.77. The van der Waals surface area contributed by atoms with Gasteiger partial charge in [0.05, 0.1) is 17.6 Å². The van der Waals surface area contributed by atoms with Gasteiger partial charge < -0.3 is 9.47 Å². The molecule has 0 bridgehead atoms. The summed E-state index contributed by atoms with van der Waals surface area (Å²) in [6, 6.07) is 28.1. The molecule has 2 unspecified atom stereocenters. The molecule has 3 rings (SSSR count). The van der Waals surface area contributed by atoms with Crippen LogP contribution in [0.2, 0.25) is 0 Å². The summed E-state index contributed by atoms with van der Waals surface area (Å²) in [5, 5.41) is 3.23.